The Morgan fingerprint density at radius 3 is 2.62 bits per heavy atom. The van der Waals surface area contributed by atoms with Gasteiger partial charge < -0.3 is 14.7 Å². The zero-order chi connectivity index (χ0) is 17.7. The van der Waals surface area contributed by atoms with Gasteiger partial charge in [0.05, 0.1) is 12.5 Å². The normalized spacial score (nSPS) is 28.0. The molecule has 0 radical (unpaired) electrons. The molecule has 2 aliphatic heterocycles. The SMILES string of the molecule is COc1ccc(C)cc1S(=O)(=O)N1C[C@H]2CN(C)C[C@@]2(C(=O)O)C1. The van der Waals surface area contributed by atoms with E-state index in [0.29, 0.717) is 13.1 Å². The van der Waals surface area contributed by atoms with Gasteiger partial charge in [-0.25, -0.2) is 8.42 Å². The predicted molar refractivity (Wildman–Crippen MR) is 87.5 cm³/mol. The standard InChI is InChI=1S/C16H22N2O5S/c1-11-4-5-13(23-3)14(6-11)24(21,22)18-8-12-7-17(2)9-16(12,10-18)15(19)20/h4-6,12H,7-10H2,1-3H3,(H,19,20)/t12-,16-/m1/s1. The van der Waals surface area contributed by atoms with Crippen LogP contribution < -0.4 is 4.74 Å². The highest BCUT2D eigenvalue weighted by Gasteiger charge is 2.59. The molecule has 3 rings (SSSR count). The maximum absolute atomic E-state index is 13.1. The molecule has 1 N–H and O–H groups in total. The smallest absolute Gasteiger partial charge is 0.312 e. The Bertz CT molecular complexity index is 779. The summed E-state index contributed by atoms with van der Waals surface area (Å²) < 4.78 is 32.7. The summed E-state index contributed by atoms with van der Waals surface area (Å²) in [6.07, 6.45) is 0. The monoisotopic (exact) mass is 354 g/mol. The molecule has 2 saturated heterocycles. The number of fused-ring (bicyclic) bond motifs is 1. The molecule has 2 fully saturated rings. The molecule has 0 aromatic heterocycles. The molecule has 1 aromatic rings. The van der Waals surface area contributed by atoms with Gasteiger partial charge in [0.25, 0.3) is 0 Å². The van der Waals surface area contributed by atoms with Crippen LogP contribution in [0.2, 0.25) is 0 Å². The number of aliphatic carboxylic acids is 1. The van der Waals surface area contributed by atoms with Gasteiger partial charge in [0, 0.05) is 32.1 Å². The van der Waals surface area contributed by atoms with Gasteiger partial charge in [0.1, 0.15) is 10.6 Å². The minimum Gasteiger partial charge on any atom is -0.495 e. The fourth-order valence-electron chi connectivity index (χ4n) is 3.88. The van der Waals surface area contributed by atoms with Crippen molar-refractivity contribution >= 4 is 16.0 Å². The maximum Gasteiger partial charge on any atom is 0.312 e. The third-order valence-electron chi connectivity index (χ3n) is 5.11. The lowest BCUT2D eigenvalue weighted by Gasteiger charge is -2.24. The van der Waals surface area contributed by atoms with Crippen molar-refractivity contribution in [2.75, 3.05) is 40.3 Å². The zero-order valence-electron chi connectivity index (χ0n) is 14.0. The van der Waals surface area contributed by atoms with Crippen LogP contribution in [0.3, 0.4) is 0 Å². The summed E-state index contributed by atoms with van der Waals surface area (Å²) in [4.78, 5) is 13.9. The molecule has 2 aliphatic rings. The van der Waals surface area contributed by atoms with Crippen molar-refractivity contribution in [3.05, 3.63) is 23.8 Å². The third kappa shape index (κ3) is 2.49. The summed E-state index contributed by atoms with van der Waals surface area (Å²) in [7, 11) is -0.515. The number of benzene rings is 1. The molecule has 0 amide bonds. The van der Waals surface area contributed by atoms with Gasteiger partial charge in [-0.05, 0) is 31.7 Å². The van der Waals surface area contributed by atoms with Crippen molar-refractivity contribution in [2.45, 2.75) is 11.8 Å². The Labute approximate surface area is 141 Å². The lowest BCUT2D eigenvalue weighted by atomic mass is 9.81. The number of ether oxygens (including phenoxy) is 1. The van der Waals surface area contributed by atoms with Gasteiger partial charge in [-0.15, -0.1) is 0 Å². The summed E-state index contributed by atoms with van der Waals surface area (Å²) in [5.74, 6) is -0.851. The van der Waals surface area contributed by atoms with Gasteiger partial charge in [0.2, 0.25) is 10.0 Å². The topological polar surface area (TPSA) is 87.2 Å². The van der Waals surface area contributed by atoms with Crippen LogP contribution in [0.25, 0.3) is 0 Å². The van der Waals surface area contributed by atoms with Crippen LogP contribution in [0.15, 0.2) is 23.1 Å². The number of aryl methyl sites for hydroxylation is 1. The maximum atomic E-state index is 13.1. The van der Waals surface area contributed by atoms with Crippen molar-refractivity contribution in [1.29, 1.82) is 0 Å². The number of carboxylic acid groups (broad SMARTS) is 1. The molecular formula is C16H22N2O5S. The molecule has 0 unspecified atom stereocenters. The molecule has 0 bridgehead atoms. The van der Waals surface area contributed by atoms with E-state index in [9.17, 15) is 18.3 Å². The number of likely N-dealkylation sites (tertiary alicyclic amines) is 1. The van der Waals surface area contributed by atoms with E-state index in [0.717, 1.165) is 5.56 Å². The first-order valence-corrected chi connectivity index (χ1v) is 9.21. The van der Waals surface area contributed by atoms with E-state index in [2.05, 4.69) is 0 Å². The quantitative estimate of drug-likeness (QED) is 0.854. The Kier molecular flexibility index (Phi) is 4.09. The van der Waals surface area contributed by atoms with Crippen LogP contribution in [0, 0.1) is 18.3 Å². The van der Waals surface area contributed by atoms with E-state index in [1.54, 1.807) is 18.2 Å². The van der Waals surface area contributed by atoms with Gasteiger partial charge in [-0.3, -0.25) is 4.79 Å². The number of carboxylic acids is 1. The molecule has 24 heavy (non-hydrogen) atoms. The number of methoxy groups -OCH3 is 1. The van der Waals surface area contributed by atoms with Crippen molar-refractivity contribution < 1.29 is 23.1 Å². The molecule has 0 aliphatic carbocycles. The minimum absolute atomic E-state index is 0.00320. The number of hydrogen-bond donors (Lipinski definition) is 1. The molecule has 8 heteroatoms. The second kappa shape index (κ2) is 5.72. The molecule has 132 valence electrons. The van der Waals surface area contributed by atoms with Gasteiger partial charge in [0.15, 0.2) is 0 Å². The molecule has 2 heterocycles. The Balaban J connectivity index is 1.99. The van der Waals surface area contributed by atoms with Gasteiger partial charge in [-0.2, -0.15) is 4.31 Å². The molecular weight excluding hydrogens is 332 g/mol. The lowest BCUT2D eigenvalue weighted by Crippen LogP contribution is -2.41. The highest BCUT2D eigenvalue weighted by Crippen LogP contribution is 2.44. The molecule has 0 saturated carbocycles. The summed E-state index contributed by atoms with van der Waals surface area (Å²) in [5.41, 5.74) is -0.222. The van der Waals surface area contributed by atoms with Crippen LogP contribution in [-0.4, -0.2) is 69.0 Å². The fraction of sp³-hybridized carbons (Fsp3) is 0.562. The van der Waals surface area contributed by atoms with E-state index in [4.69, 9.17) is 4.74 Å². The number of sulfonamides is 1. The van der Waals surface area contributed by atoms with E-state index in [-0.39, 0.29) is 29.7 Å². The lowest BCUT2D eigenvalue weighted by molar-refractivity contribution is -0.148. The van der Waals surface area contributed by atoms with E-state index >= 15 is 0 Å². The molecule has 1 aromatic carbocycles. The Morgan fingerprint density at radius 1 is 1.33 bits per heavy atom. The average molecular weight is 354 g/mol. The van der Waals surface area contributed by atoms with Crippen molar-refractivity contribution in [3.8, 4) is 5.75 Å². The van der Waals surface area contributed by atoms with Gasteiger partial charge in [-0.1, -0.05) is 6.07 Å². The second-order valence-corrected chi connectivity index (χ2v) is 8.71. The van der Waals surface area contributed by atoms with Crippen LogP contribution in [0.4, 0.5) is 0 Å². The largest absolute Gasteiger partial charge is 0.495 e. The zero-order valence-corrected chi connectivity index (χ0v) is 14.8. The highest BCUT2D eigenvalue weighted by molar-refractivity contribution is 7.89. The Morgan fingerprint density at radius 2 is 2.04 bits per heavy atom. The second-order valence-electron chi connectivity index (χ2n) is 6.81. The van der Waals surface area contributed by atoms with Crippen molar-refractivity contribution in [1.82, 2.24) is 9.21 Å². The first-order valence-electron chi connectivity index (χ1n) is 7.77. The van der Waals surface area contributed by atoms with E-state index in [1.165, 1.54) is 11.4 Å². The van der Waals surface area contributed by atoms with Gasteiger partial charge >= 0.3 is 5.97 Å². The Hall–Kier alpha value is -1.64. The predicted octanol–water partition coefficient (Wildman–Crippen LogP) is 0.641. The number of rotatable bonds is 4. The van der Waals surface area contributed by atoms with Crippen LogP contribution in [0.1, 0.15) is 5.56 Å². The average Bonchev–Trinajstić information content (AvgIpc) is 3.01. The molecule has 0 spiro atoms. The fourth-order valence-corrected chi connectivity index (χ4v) is 5.68. The summed E-state index contributed by atoms with van der Waals surface area (Å²) in [6.45, 7) is 2.98. The number of carbonyl (C=O) groups is 1. The number of nitrogens with zero attached hydrogens (tertiary/aromatic N) is 2. The first-order chi connectivity index (χ1) is 11.2. The van der Waals surface area contributed by atoms with Crippen LogP contribution >= 0.6 is 0 Å². The molecule has 2 atom stereocenters. The summed E-state index contributed by atoms with van der Waals surface area (Å²) >= 11 is 0. The van der Waals surface area contributed by atoms with Crippen molar-refractivity contribution in [2.24, 2.45) is 11.3 Å². The minimum atomic E-state index is -3.81. The highest BCUT2D eigenvalue weighted by atomic mass is 32.2. The van der Waals surface area contributed by atoms with Crippen LogP contribution in [-0.2, 0) is 14.8 Å². The van der Waals surface area contributed by atoms with E-state index < -0.39 is 21.4 Å². The van der Waals surface area contributed by atoms with Crippen molar-refractivity contribution in [3.63, 3.8) is 0 Å². The van der Waals surface area contributed by atoms with Crippen LogP contribution in [0.5, 0.6) is 5.75 Å². The summed E-state index contributed by atoms with van der Waals surface area (Å²) in [5, 5.41) is 9.72. The first kappa shape index (κ1) is 17.2. The third-order valence-corrected chi connectivity index (χ3v) is 6.94. The number of hydrogen-bond acceptors (Lipinski definition) is 5. The summed E-state index contributed by atoms with van der Waals surface area (Å²) in [6, 6.07) is 4.98. The molecule has 7 nitrogen and oxygen atoms in total. The van der Waals surface area contributed by atoms with E-state index in [1.807, 2.05) is 18.9 Å².